The van der Waals surface area contributed by atoms with Gasteiger partial charge in [-0.25, -0.2) is 4.79 Å². The molecule has 0 saturated carbocycles. The molecule has 0 aromatic heterocycles. The molecule has 0 aromatic carbocycles. The summed E-state index contributed by atoms with van der Waals surface area (Å²) in [6, 6.07) is 0. The molecule has 0 bridgehead atoms. The predicted octanol–water partition coefficient (Wildman–Crippen LogP) is 22.0. The number of quaternary nitrogens is 1. The lowest BCUT2D eigenvalue weighted by molar-refractivity contribution is -0.870. The maximum Gasteiger partial charge on any atom is 0.361 e. The Labute approximate surface area is 504 Å². The molecule has 0 rings (SSSR count). The zero-order valence-electron chi connectivity index (χ0n) is 55.0. The topological polar surface area (TPSA) is 108 Å². The zero-order valence-corrected chi connectivity index (χ0v) is 55.0. The van der Waals surface area contributed by atoms with Crippen LogP contribution in [0.2, 0.25) is 0 Å². The Hall–Kier alpha value is -1.97. The van der Waals surface area contributed by atoms with E-state index in [1.165, 1.54) is 289 Å². The number of likely N-dealkylation sites (N-methyl/N-ethyl adjacent to an activating group) is 1. The number of unbranched alkanes of at least 4 members (excludes halogenated alkanes) is 51. The average molecular weight is 1150 g/mol. The molecule has 0 aliphatic heterocycles. The van der Waals surface area contributed by atoms with Gasteiger partial charge in [-0.3, -0.25) is 9.59 Å². The van der Waals surface area contributed by atoms with Crippen LogP contribution in [-0.2, 0) is 33.3 Å². The largest absolute Gasteiger partial charge is 0.477 e. The quantitative estimate of drug-likeness (QED) is 0.0211. The van der Waals surface area contributed by atoms with Crippen molar-refractivity contribution in [2.24, 2.45) is 0 Å². The van der Waals surface area contributed by atoms with Gasteiger partial charge in [0.15, 0.2) is 6.10 Å². The van der Waals surface area contributed by atoms with Gasteiger partial charge in [-0.1, -0.05) is 334 Å². The van der Waals surface area contributed by atoms with E-state index in [2.05, 4.69) is 26.0 Å². The molecule has 0 radical (unpaired) electrons. The number of esters is 2. The van der Waals surface area contributed by atoms with Gasteiger partial charge in [0.25, 0.3) is 6.29 Å². The summed E-state index contributed by atoms with van der Waals surface area (Å²) < 4.78 is 22.9. The highest BCUT2D eigenvalue weighted by molar-refractivity contribution is 5.71. The van der Waals surface area contributed by atoms with Crippen LogP contribution >= 0.6 is 0 Å². The third-order valence-corrected chi connectivity index (χ3v) is 16.5. The van der Waals surface area contributed by atoms with E-state index in [9.17, 15) is 19.5 Å². The van der Waals surface area contributed by atoms with E-state index in [-0.39, 0.29) is 32.2 Å². The summed E-state index contributed by atoms with van der Waals surface area (Å²) in [4.78, 5) is 37.5. The number of hydrogen-bond donors (Lipinski definition) is 1. The third-order valence-electron chi connectivity index (χ3n) is 16.5. The highest BCUT2D eigenvalue weighted by atomic mass is 16.7. The van der Waals surface area contributed by atoms with Gasteiger partial charge in [0.1, 0.15) is 13.2 Å². The molecule has 0 aliphatic rings. The normalized spacial score (nSPS) is 12.7. The predicted molar refractivity (Wildman–Crippen MR) is 346 cm³/mol. The molecule has 0 aliphatic carbocycles. The number of nitrogens with zero attached hydrogens (tertiary/aromatic N) is 1. The Bertz CT molecular complexity index is 1330. The van der Waals surface area contributed by atoms with Gasteiger partial charge in [0, 0.05) is 12.8 Å². The minimum atomic E-state index is -1.51. The molecular weight excluding hydrogens is 1010 g/mol. The van der Waals surface area contributed by atoms with Crippen LogP contribution in [0.4, 0.5) is 0 Å². The second kappa shape index (κ2) is 64.0. The summed E-state index contributed by atoms with van der Waals surface area (Å²) in [6.07, 6.45) is 75.1. The molecule has 1 N–H and O–H groups in total. The van der Waals surface area contributed by atoms with Crippen molar-refractivity contribution in [1.29, 1.82) is 0 Å². The standard InChI is InChI=1S/C72H139NO8/c1-6-8-10-12-14-16-18-20-22-23-24-25-26-27-28-29-30-31-32-33-34-35-36-37-38-39-40-41-42-43-44-45-46-47-49-50-52-54-56-58-60-62-69(74)79-66-68(67-80-72(71(76)77)78-65-64-73(3,4)5)81-70(75)63-61-59-57-55-53-51-48-21-19-17-15-13-11-9-7-2/h21,48,68,72H,6-20,22-47,49-67H2,1-5H3/p+1/b48-21-. The Morgan fingerprint density at radius 3 is 0.914 bits per heavy atom. The fourth-order valence-electron chi connectivity index (χ4n) is 11.0. The number of aliphatic carboxylic acids is 1. The molecule has 0 aromatic rings. The first kappa shape index (κ1) is 79.0. The van der Waals surface area contributed by atoms with E-state index < -0.39 is 24.3 Å². The molecule has 0 amide bonds. The Balaban J connectivity index is 3.84. The number of rotatable bonds is 68. The molecule has 0 saturated heterocycles. The van der Waals surface area contributed by atoms with Gasteiger partial charge in [-0.05, 0) is 38.5 Å². The first-order valence-electron chi connectivity index (χ1n) is 35.9. The van der Waals surface area contributed by atoms with Crippen LogP contribution in [0.5, 0.6) is 0 Å². The van der Waals surface area contributed by atoms with Gasteiger partial charge < -0.3 is 28.5 Å². The first-order chi connectivity index (χ1) is 39.6. The summed E-state index contributed by atoms with van der Waals surface area (Å²) in [5.41, 5.74) is 0. The van der Waals surface area contributed by atoms with Crippen LogP contribution in [0.1, 0.15) is 373 Å². The Morgan fingerprint density at radius 2 is 0.630 bits per heavy atom. The van der Waals surface area contributed by atoms with Crippen LogP contribution < -0.4 is 0 Å². The molecule has 9 nitrogen and oxygen atoms in total. The molecular formula is C72H140NO8+. The van der Waals surface area contributed by atoms with Gasteiger partial charge in [0.05, 0.1) is 34.4 Å². The lowest BCUT2D eigenvalue weighted by Gasteiger charge is -2.25. The molecule has 2 atom stereocenters. The number of ether oxygens (including phenoxy) is 4. The molecule has 2 unspecified atom stereocenters. The first-order valence-corrected chi connectivity index (χ1v) is 35.9. The van der Waals surface area contributed by atoms with Crippen molar-refractivity contribution >= 4 is 17.9 Å². The molecule has 9 heteroatoms. The summed E-state index contributed by atoms with van der Waals surface area (Å²) >= 11 is 0. The van der Waals surface area contributed by atoms with E-state index in [0.29, 0.717) is 23.9 Å². The monoisotopic (exact) mass is 1150 g/mol. The Kier molecular flexibility index (Phi) is 62.5. The SMILES string of the molecule is CCCCCCCC/C=C\CCCCCCCC(=O)OC(COC(=O)CCCCCCCCCCCCCCCCCCCCCCCCCCCCCCCCCCCCCCCCCCC)COC(OCC[N+](C)(C)C)C(=O)O. The maximum absolute atomic E-state index is 12.9. The molecule has 0 fully saturated rings. The van der Waals surface area contributed by atoms with E-state index in [4.69, 9.17) is 18.9 Å². The summed E-state index contributed by atoms with van der Waals surface area (Å²) in [5, 5.41) is 9.71. The summed E-state index contributed by atoms with van der Waals surface area (Å²) in [6.45, 7) is 4.92. The van der Waals surface area contributed by atoms with Gasteiger partial charge >= 0.3 is 17.9 Å². The number of allylic oxidation sites excluding steroid dienone is 2. The van der Waals surface area contributed by atoms with E-state index >= 15 is 0 Å². The fraction of sp³-hybridized carbons (Fsp3) is 0.931. The van der Waals surface area contributed by atoms with Crippen molar-refractivity contribution in [3.05, 3.63) is 12.2 Å². The van der Waals surface area contributed by atoms with Crippen molar-refractivity contribution in [2.45, 2.75) is 386 Å². The molecule has 0 spiro atoms. The smallest absolute Gasteiger partial charge is 0.361 e. The fourth-order valence-corrected chi connectivity index (χ4v) is 11.0. The zero-order chi connectivity index (χ0) is 59.1. The maximum atomic E-state index is 12.9. The van der Waals surface area contributed by atoms with Crippen LogP contribution in [0.3, 0.4) is 0 Å². The minimum absolute atomic E-state index is 0.179. The number of carbonyl (C=O) groups excluding carboxylic acids is 2. The minimum Gasteiger partial charge on any atom is -0.477 e. The second-order valence-electron chi connectivity index (χ2n) is 25.9. The average Bonchev–Trinajstić information content (AvgIpc) is 3.44. The molecule has 0 heterocycles. The Morgan fingerprint density at radius 1 is 0.358 bits per heavy atom. The van der Waals surface area contributed by atoms with Crippen molar-refractivity contribution in [3.8, 4) is 0 Å². The second-order valence-corrected chi connectivity index (χ2v) is 25.9. The highest BCUT2D eigenvalue weighted by Crippen LogP contribution is 2.19. The van der Waals surface area contributed by atoms with Crippen LogP contribution in [0.25, 0.3) is 0 Å². The summed E-state index contributed by atoms with van der Waals surface area (Å²) in [7, 11) is 5.98. The van der Waals surface area contributed by atoms with Crippen molar-refractivity contribution in [2.75, 3.05) is 47.5 Å². The lowest BCUT2D eigenvalue weighted by atomic mass is 10.0. The van der Waals surface area contributed by atoms with Crippen molar-refractivity contribution in [1.82, 2.24) is 0 Å². The molecule has 480 valence electrons. The highest BCUT2D eigenvalue weighted by Gasteiger charge is 2.25. The number of hydrogen-bond acceptors (Lipinski definition) is 7. The van der Waals surface area contributed by atoms with E-state index in [1.54, 1.807) is 0 Å². The number of carbonyl (C=O) groups is 3. The summed E-state index contributed by atoms with van der Waals surface area (Å²) in [5.74, 6) is -1.99. The van der Waals surface area contributed by atoms with Crippen LogP contribution in [-0.4, -0.2) is 87.4 Å². The van der Waals surface area contributed by atoms with Crippen LogP contribution in [0, 0.1) is 0 Å². The van der Waals surface area contributed by atoms with Gasteiger partial charge in [-0.15, -0.1) is 0 Å². The molecule has 81 heavy (non-hydrogen) atoms. The van der Waals surface area contributed by atoms with Gasteiger partial charge in [0.2, 0.25) is 0 Å². The lowest BCUT2D eigenvalue weighted by Crippen LogP contribution is -2.40. The van der Waals surface area contributed by atoms with Crippen molar-refractivity contribution < 1.29 is 42.9 Å². The van der Waals surface area contributed by atoms with Gasteiger partial charge in [-0.2, -0.15) is 0 Å². The third kappa shape index (κ3) is 65.4. The van der Waals surface area contributed by atoms with E-state index in [0.717, 1.165) is 51.4 Å². The number of carboxylic acids is 1. The van der Waals surface area contributed by atoms with E-state index in [1.807, 2.05) is 21.1 Å². The van der Waals surface area contributed by atoms with Crippen molar-refractivity contribution in [3.63, 3.8) is 0 Å². The number of carboxylic acid groups (broad SMARTS) is 1. The van der Waals surface area contributed by atoms with Crippen LogP contribution in [0.15, 0.2) is 12.2 Å².